The Hall–Kier alpha value is -3.32. The fraction of sp³-hybridized carbons (Fsp3) is 0.0526. The minimum absolute atomic E-state index is 0.0523. The minimum Gasteiger partial charge on any atom is -0.347 e. The molecular weight excluding hydrogens is 352 g/mol. The zero-order chi connectivity index (χ0) is 18.5. The molecule has 0 saturated carbocycles. The van der Waals surface area contributed by atoms with Crippen molar-refractivity contribution in [1.29, 1.82) is 0 Å². The average Bonchev–Trinajstić information content (AvgIpc) is 3.15. The lowest BCUT2D eigenvalue weighted by molar-refractivity contribution is -0.384. The standard InChI is InChI=1S/C19H14N2O4S/c22-18(13-4-2-1-3-5-13)17-11-10-16(26-17)12-20-19(23)14-6-8-15(9-7-14)21(24)25/h1-11H,12H2,(H,20,23). The molecule has 0 spiro atoms. The van der Waals surface area contributed by atoms with Crippen LogP contribution in [0.3, 0.4) is 0 Å². The van der Waals surface area contributed by atoms with Crippen LogP contribution in [0.2, 0.25) is 0 Å². The zero-order valence-electron chi connectivity index (χ0n) is 13.5. The van der Waals surface area contributed by atoms with Gasteiger partial charge in [-0.25, -0.2) is 0 Å². The first kappa shape index (κ1) is 17.5. The van der Waals surface area contributed by atoms with Gasteiger partial charge in [0, 0.05) is 28.1 Å². The van der Waals surface area contributed by atoms with E-state index in [9.17, 15) is 19.7 Å². The van der Waals surface area contributed by atoms with E-state index in [1.54, 1.807) is 24.3 Å². The highest BCUT2D eigenvalue weighted by atomic mass is 32.1. The highest BCUT2D eigenvalue weighted by molar-refractivity contribution is 7.14. The molecule has 2 aromatic carbocycles. The van der Waals surface area contributed by atoms with Gasteiger partial charge in [-0.3, -0.25) is 19.7 Å². The van der Waals surface area contributed by atoms with E-state index in [-0.39, 0.29) is 23.9 Å². The summed E-state index contributed by atoms with van der Waals surface area (Å²) in [5.74, 6) is -0.382. The van der Waals surface area contributed by atoms with Crippen molar-refractivity contribution in [2.24, 2.45) is 0 Å². The summed E-state index contributed by atoms with van der Waals surface area (Å²) in [6, 6.07) is 17.9. The van der Waals surface area contributed by atoms with Gasteiger partial charge in [-0.05, 0) is 24.3 Å². The molecule has 6 nitrogen and oxygen atoms in total. The number of thiophene rings is 1. The molecule has 3 rings (SSSR count). The zero-order valence-corrected chi connectivity index (χ0v) is 14.4. The molecular formula is C19H14N2O4S. The number of benzene rings is 2. The number of hydrogen-bond acceptors (Lipinski definition) is 5. The maximum absolute atomic E-state index is 12.4. The Morgan fingerprint density at radius 3 is 2.27 bits per heavy atom. The van der Waals surface area contributed by atoms with E-state index in [0.29, 0.717) is 16.0 Å². The Bertz CT molecular complexity index is 949. The molecule has 0 saturated heterocycles. The smallest absolute Gasteiger partial charge is 0.269 e. The number of carbonyl (C=O) groups is 2. The number of nitro benzene ring substituents is 1. The second kappa shape index (κ2) is 7.71. The molecule has 0 aliphatic heterocycles. The van der Waals surface area contributed by atoms with Crippen LogP contribution >= 0.6 is 11.3 Å². The highest BCUT2D eigenvalue weighted by Gasteiger charge is 2.13. The summed E-state index contributed by atoms with van der Waals surface area (Å²) in [5, 5.41) is 13.4. The van der Waals surface area contributed by atoms with Gasteiger partial charge >= 0.3 is 0 Å². The van der Waals surface area contributed by atoms with E-state index in [2.05, 4.69) is 5.32 Å². The number of non-ortho nitro benzene ring substituents is 1. The number of nitrogens with one attached hydrogen (secondary N) is 1. The second-order valence-electron chi connectivity index (χ2n) is 5.45. The van der Waals surface area contributed by atoms with Crippen LogP contribution < -0.4 is 5.32 Å². The van der Waals surface area contributed by atoms with Gasteiger partial charge in [0.1, 0.15) is 0 Å². The van der Waals surface area contributed by atoms with E-state index >= 15 is 0 Å². The van der Waals surface area contributed by atoms with E-state index in [0.717, 1.165) is 4.88 Å². The van der Waals surface area contributed by atoms with Crippen molar-refractivity contribution in [2.75, 3.05) is 0 Å². The fourth-order valence-corrected chi connectivity index (χ4v) is 3.24. The van der Waals surface area contributed by atoms with Crippen LogP contribution in [0.15, 0.2) is 66.7 Å². The quantitative estimate of drug-likeness (QED) is 0.408. The van der Waals surface area contributed by atoms with Crippen molar-refractivity contribution in [3.63, 3.8) is 0 Å². The normalized spacial score (nSPS) is 10.3. The number of nitrogens with zero attached hydrogens (tertiary/aromatic N) is 1. The Balaban J connectivity index is 1.62. The summed E-state index contributed by atoms with van der Waals surface area (Å²) in [4.78, 5) is 36.1. The van der Waals surface area contributed by atoms with Crippen LogP contribution in [0, 0.1) is 10.1 Å². The highest BCUT2D eigenvalue weighted by Crippen LogP contribution is 2.20. The molecule has 0 atom stereocenters. The molecule has 0 aliphatic rings. The van der Waals surface area contributed by atoms with E-state index in [4.69, 9.17) is 0 Å². The van der Waals surface area contributed by atoms with Gasteiger partial charge in [0.2, 0.25) is 5.78 Å². The first-order chi connectivity index (χ1) is 12.5. The number of ketones is 1. The van der Waals surface area contributed by atoms with Gasteiger partial charge in [0.25, 0.3) is 11.6 Å². The molecule has 1 N–H and O–H groups in total. The molecule has 26 heavy (non-hydrogen) atoms. The van der Waals surface area contributed by atoms with Crippen LogP contribution in [0.1, 0.15) is 30.5 Å². The lowest BCUT2D eigenvalue weighted by atomic mass is 10.1. The summed E-state index contributed by atoms with van der Waals surface area (Å²) < 4.78 is 0. The Morgan fingerprint density at radius 1 is 0.923 bits per heavy atom. The van der Waals surface area contributed by atoms with Crippen LogP contribution in [0.4, 0.5) is 5.69 Å². The van der Waals surface area contributed by atoms with Crippen molar-refractivity contribution in [1.82, 2.24) is 5.32 Å². The van der Waals surface area contributed by atoms with Crippen molar-refractivity contribution in [3.05, 3.63) is 97.7 Å². The molecule has 1 aromatic heterocycles. The first-order valence-corrected chi connectivity index (χ1v) is 8.57. The largest absolute Gasteiger partial charge is 0.347 e. The van der Waals surface area contributed by atoms with Crippen LogP contribution in [0.25, 0.3) is 0 Å². The molecule has 1 heterocycles. The minimum atomic E-state index is -0.515. The first-order valence-electron chi connectivity index (χ1n) is 7.76. The second-order valence-corrected chi connectivity index (χ2v) is 6.62. The predicted octanol–water partition coefficient (Wildman–Crippen LogP) is 3.82. The lowest BCUT2D eigenvalue weighted by Crippen LogP contribution is -2.22. The van der Waals surface area contributed by atoms with Crippen LogP contribution in [-0.2, 0) is 6.54 Å². The van der Waals surface area contributed by atoms with Gasteiger partial charge < -0.3 is 5.32 Å². The van der Waals surface area contributed by atoms with E-state index in [1.807, 2.05) is 18.2 Å². The Morgan fingerprint density at radius 2 is 1.62 bits per heavy atom. The molecule has 0 fully saturated rings. The fourth-order valence-electron chi connectivity index (χ4n) is 2.33. The molecule has 1 amide bonds. The number of hydrogen-bond donors (Lipinski definition) is 1. The van der Waals surface area contributed by atoms with Gasteiger partial charge in [0.15, 0.2) is 0 Å². The van der Waals surface area contributed by atoms with Crippen molar-refractivity contribution < 1.29 is 14.5 Å². The number of nitro groups is 1. The third kappa shape index (κ3) is 4.01. The van der Waals surface area contributed by atoms with Gasteiger partial charge in [-0.1, -0.05) is 30.3 Å². The molecule has 3 aromatic rings. The van der Waals surface area contributed by atoms with Gasteiger partial charge in [-0.15, -0.1) is 11.3 Å². The van der Waals surface area contributed by atoms with E-state index in [1.165, 1.54) is 35.6 Å². The van der Waals surface area contributed by atoms with Crippen LogP contribution in [0.5, 0.6) is 0 Å². The molecule has 7 heteroatoms. The van der Waals surface area contributed by atoms with Crippen molar-refractivity contribution in [3.8, 4) is 0 Å². The summed E-state index contributed by atoms with van der Waals surface area (Å²) in [7, 11) is 0. The third-order valence-electron chi connectivity index (χ3n) is 3.68. The van der Waals surface area contributed by atoms with E-state index < -0.39 is 4.92 Å². The monoisotopic (exact) mass is 366 g/mol. The summed E-state index contributed by atoms with van der Waals surface area (Å²) in [6.45, 7) is 0.280. The molecule has 0 bridgehead atoms. The Labute approximate surface area is 153 Å². The maximum atomic E-state index is 12.4. The Kier molecular flexibility index (Phi) is 5.19. The number of rotatable bonds is 6. The average molecular weight is 366 g/mol. The molecule has 130 valence electrons. The maximum Gasteiger partial charge on any atom is 0.269 e. The van der Waals surface area contributed by atoms with Crippen LogP contribution in [-0.4, -0.2) is 16.6 Å². The van der Waals surface area contributed by atoms with Crippen molar-refractivity contribution in [2.45, 2.75) is 6.54 Å². The third-order valence-corrected chi connectivity index (χ3v) is 4.77. The molecule has 0 aliphatic carbocycles. The summed E-state index contributed by atoms with van der Waals surface area (Å²) >= 11 is 1.33. The van der Waals surface area contributed by atoms with Gasteiger partial charge in [-0.2, -0.15) is 0 Å². The number of amides is 1. The summed E-state index contributed by atoms with van der Waals surface area (Å²) in [6.07, 6.45) is 0. The summed E-state index contributed by atoms with van der Waals surface area (Å²) in [5.41, 5.74) is 0.896. The lowest BCUT2D eigenvalue weighted by Gasteiger charge is -2.03. The van der Waals surface area contributed by atoms with Crippen molar-refractivity contribution >= 4 is 28.7 Å². The predicted molar refractivity (Wildman–Crippen MR) is 98.5 cm³/mol. The van der Waals surface area contributed by atoms with Gasteiger partial charge in [0.05, 0.1) is 16.3 Å². The number of carbonyl (C=O) groups excluding carboxylic acids is 2. The molecule has 0 radical (unpaired) electrons. The molecule has 0 unspecified atom stereocenters. The SMILES string of the molecule is O=C(NCc1ccc(C(=O)c2ccccc2)s1)c1ccc([N+](=O)[O-])cc1. The topological polar surface area (TPSA) is 89.3 Å².